The van der Waals surface area contributed by atoms with Crippen molar-refractivity contribution in [3.05, 3.63) is 146 Å². The molecule has 0 amide bonds. The Balaban J connectivity index is 4.59. The molecule has 4 N–H and O–H groups in total. The third-order valence-corrected chi connectivity index (χ3v) is 21.9. The molecule has 0 rings (SSSR count). The predicted molar refractivity (Wildman–Crippen MR) is 491 cm³/mol. The standard InChI is InChI=1S/C99H172O16P2/c1-4-7-10-13-16-19-22-25-28-31-34-37-39-41-43-45-46-48-50-51-53-56-58-61-64-67-70-73-76-79-82-85-97(102)109-88-94(100)89-111-116(105,106)112-90-95(101)91-113-117(107,108)114-93-96(115-99(104)87-84-81-78-75-72-69-66-63-60-55-36-33-30-27-24-21-18-15-12-9-6-3)92-110-98(103)86-83-80-77-74-71-68-65-62-59-57-54-52-49-47-44-42-40-38-35-32-29-26-23-20-17-14-11-8-5-2/h16-21,25-30,34-38,41-44,55,63,66,94-96,100-101H,4-15,22-24,31-33,39-40,45-54,56-62,64-65,67-93H2,1-3H3,(H,105,106)(H,107,108)/b19-16-,20-17-,21-18-,28-25-,29-26-,30-27-,37-34-,38-35-,43-41-,44-42-,55-36-,66-63-. The first-order valence-electron chi connectivity index (χ1n) is 47.1. The molecule has 0 aromatic carbocycles. The van der Waals surface area contributed by atoms with Crippen LogP contribution in [0.3, 0.4) is 0 Å². The van der Waals surface area contributed by atoms with Gasteiger partial charge < -0.3 is 34.2 Å². The Morgan fingerprint density at radius 3 is 0.675 bits per heavy atom. The minimum atomic E-state index is -4.95. The van der Waals surface area contributed by atoms with E-state index in [1.54, 1.807) is 0 Å². The largest absolute Gasteiger partial charge is 0.472 e. The van der Waals surface area contributed by atoms with E-state index in [9.17, 15) is 43.5 Å². The molecule has 0 aliphatic rings. The number of carbonyl (C=O) groups is 3. The second kappa shape index (κ2) is 90.7. The number of rotatable bonds is 89. The normalized spacial score (nSPS) is 14.4. The van der Waals surface area contributed by atoms with Crippen LogP contribution in [0.15, 0.2) is 146 Å². The van der Waals surface area contributed by atoms with Crippen molar-refractivity contribution in [3.63, 3.8) is 0 Å². The third-order valence-electron chi connectivity index (χ3n) is 20.0. The molecule has 0 aromatic heterocycles. The first-order chi connectivity index (χ1) is 57.2. The van der Waals surface area contributed by atoms with Crippen molar-refractivity contribution >= 4 is 33.6 Å². The van der Waals surface area contributed by atoms with Gasteiger partial charge in [-0.15, -0.1) is 0 Å². The van der Waals surface area contributed by atoms with Gasteiger partial charge in [-0.3, -0.25) is 32.5 Å². The summed E-state index contributed by atoms with van der Waals surface area (Å²) < 4.78 is 61.5. The monoisotopic (exact) mass is 1680 g/mol. The summed E-state index contributed by atoms with van der Waals surface area (Å²) in [6.45, 7) is 2.63. The average molecular weight is 1680 g/mol. The number of aliphatic hydroxyl groups is 2. The smallest absolute Gasteiger partial charge is 0.463 e. The highest BCUT2D eigenvalue weighted by molar-refractivity contribution is 7.47. The number of hydrogen-bond acceptors (Lipinski definition) is 14. The summed E-state index contributed by atoms with van der Waals surface area (Å²) in [6, 6.07) is 0. The molecule has 0 heterocycles. The van der Waals surface area contributed by atoms with Crippen LogP contribution in [0.5, 0.6) is 0 Å². The molecular formula is C99H172O16P2. The molecule has 0 aliphatic heterocycles. The maximum atomic E-state index is 13.1. The summed E-state index contributed by atoms with van der Waals surface area (Å²) in [5, 5.41) is 20.7. The summed E-state index contributed by atoms with van der Waals surface area (Å²) in [5.41, 5.74) is 0. The number of allylic oxidation sites excluding steroid dienone is 24. The zero-order chi connectivity index (χ0) is 85.1. The lowest BCUT2D eigenvalue weighted by atomic mass is 10.0. The topological polar surface area (TPSA) is 231 Å². The molecule has 16 nitrogen and oxygen atoms in total. The fourth-order valence-corrected chi connectivity index (χ4v) is 14.4. The van der Waals surface area contributed by atoms with Crippen molar-refractivity contribution < 1.29 is 75.8 Å². The zero-order valence-corrected chi connectivity index (χ0v) is 76.1. The van der Waals surface area contributed by atoms with Gasteiger partial charge in [0.05, 0.1) is 26.4 Å². The van der Waals surface area contributed by atoms with E-state index in [0.29, 0.717) is 19.3 Å². The Kier molecular flexibility index (Phi) is 87.1. The molecule has 0 saturated carbocycles. The van der Waals surface area contributed by atoms with Crippen LogP contribution in [-0.2, 0) is 55.8 Å². The molecule has 18 heteroatoms. The number of esters is 3. The van der Waals surface area contributed by atoms with Gasteiger partial charge >= 0.3 is 33.6 Å². The first kappa shape index (κ1) is 112. The average Bonchev–Trinajstić information content (AvgIpc) is 0.899. The lowest BCUT2D eigenvalue weighted by Crippen LogP contribution is -2.30. The van der Waals surface area contributed by atoms with Crippen molar-refractivity contribution in [2.75, 3.05) is 39.6 Å². The predicted octanol–water partition coefficient (Wildman–Crippen LogP) is 29.1. The van der Waals surface area contributed by atoms with Crippen LogP contribution >= 0.6 is 15.6 Å². The Bertz CT molecular complexity index is 2710. The number of hydrogen-bond donors (Lipinski definition) is 4. The SMILES string of the molecule is CCCCC/C=C\C/C=C\C/C=C\C/C=C\CCCCCCCCCCCCCCCCCC(=O)OCC(O)COP(=O)(O)OCC(O)COP(=O)(O)OCC(COC(=O)CCCCCCCCCCCCCCC/C=C\C/C=C\C/C=C\C/C=C\CCCCC)OC(=O)CCCCCCC/C=C\C/C=C\C/C=C\C/C=C\CCCCC. The van der Waals surface area contributed by atoms with E-state index < -0.39 is 91.5 Å². The molecule has 117 heavy (non-hydrogen) atoms. The van der Waals surface area contributed by atoms with Gasteiger partial charge in [-0.1, -0.05) is 378 Å². The third kappa shape index (κ3) is 92.0. The number of aliphatic hydroxyl groups excluding tert-OH is 2. The molecular weight excluding hydrogens is 1510 g/mol. The summed E-state index contributed by atoms with van der Waals surface area (Å²) in [4.78, 5) is 59.0. The second-order valence-corrected chi connectivity index (χ2v) is 34.4. The van der Waals surface area contributed by atoms with Crippen molar-refractivity contribution in [1.29, 1.82) is 0 Å². The fourth-order valence-electron chi connectivity index (χ4n) is 12.8. The lowest BCUT2D eigenvalue weighted by molar-refractivity contribution is -0.161. The van der Waals surface area contributed by atoms with Gasteiger partial charge in [0.2, 0.25) is 0 Å². The van der Waals surface area contributed by atoms with Gasteiger partial charge in [-0.05, 0) is 154 Å². The van der Waals surface area contributed by atoms with Crippen molar-refractivity contribution in [2.45, 2.75) is 424 Å². The Morgan fingerprint density at radius 1 is 0.239 bits per heavy atom. The summed E-state index contributed by atoms with van der Waals surface area (Å²) >= 11 is 0. The second-order valence-electron chi connectivity index (χ2n) is 31.5. The van der Waals surface area contributed by atoms with Crippen molar-refractivity contribution in [2.24, 2.45) is 0 Å². The minimum absolute atomic E-state index is 0.0810. The molecule has 674 valence electrons. The highest BCUT2D eigenvalue weighted by Crippen LogP contribution is 2.45. The molecule has 0 saturated heterocycles. The van der Waals surface area contributed by atoms with Crippen LogP contribution in [0.2, 0.25) is 0 Å². The highest BCUT2D eigenvalue weighted by atomic mass is 31.2. The van der Waals surface area contributed by atoms with Gasteiger partial charge in [0, 0.05) is 19.3 Å². The quantitative estimate of drug-likeness (QED) is 0.0146. The molecule has 0 aliphatic carbocycles. The molecule has 0 spiro atoms. The van der Waals surface area contributed by atoms with Gasteiger partial charge in [0.15, 0.2) is 6.10 Å². The molecule has 5 atom stereocenters. The van der Waals surface area contributed by atoms with Gasteiger partial charge in [0.1, 0.15) is 25.4 Å². The van der Waals surface area contributed by atoms with Crippen LogP contribution in [0.4, 0.5) is 0 Å². The maximum Gasteiger partial charge on any atom is 0.472 e. The van der Waals surface area contributed by atoms with E-state index in [0.717, 1.165) is 148 Å². The Hall–Kier alpha value is -4.57. The molecule has 0 aromatic rings. The van der Waals surface area contributed by atoms with Gasteiger partial charge in [0.25, 0.3) is 0 Å². The number of phosphoric ester groups is 2. The van der Waals surface area contributed by atoms with Crippen LogP contribution in [-0.4, -0.2) is 95.9 Å². The highest BCUT2D eigenvalue weighted by Gasteiger charge is 2.29. The number of carbonyl (C=O) groups excluding carboxylic acids is 3. The zero-order valence-electron chi connectivity index (χ0n) is 74.3. The van der Waals surface area contributed by atoms with Gasteiger partial charge in [-0.2, -0.15) is 0 Å². The van der Waals surface area contributed by atoms with E-state index in [1.807, 2.05) is 0 Å². The van der Waals surface area contributed by atoms with E-state index in [2.05, 4.69) is 167 Å². The molecule has 0 bridgehead atoms. The first-order valence-corrected chi connectivity index (χ1v) is 50.1. The van der Waals surface area contributed by atoms with Gasteiger partial charge in [-0.25, -0.2) is 9.13 Å². The van der Waals surface area contributed by atoms with Crippen molar-refractivity contribution in [1.82, 2.24) is 0 Å². The summed E-state index contributed by atoms with van der Waals surface area (Å²) in [7, 11) is -9.82. The minimum Gasteiger partial charge on any atom is -0.463 e. The van der Waals surface area contributed by atoms with Crippen LogP contribution in [0.25, 0.3) is 0 Å². The Morgan fingerprint density at radius 2 is 0.427 bits per heavy atom. The van der Waals surface area contributed by atoms with E-state index in [1.165, 1.54) is 199 Å². The number of unbranched alkanes of at least 4 members (excludes halogenated alkanes) is 42. The molecule has 0 fully saturated rings. The van der Waals surface area contributed by atoms with Crippen LogP contribution < -0.4 is 0 Å². The van der Waals surface area contributed by atoms with Crippen LogP contribution in [0.1, 0.15) is 406 Å². The number of ether oxygens (including phenoxy) is 3. The summed E-state index contributed by atoms with van der Waals surface area (Å²) in [6.07, 6.45) is 115. The van der Waals surface area contributed by atoms with Crippen LogP contribution in [0, 0.1) is 0 Å². The Labute approximate surface area is 715 Å². The number of phosphoric acid groups is 2. The molecule has 5 unspecified atom stereocenters. The maximum absolute atomic E-state index is 13.1. The van der Waals surface area contributed by atoms with E-state index in [4.69, 9.17) is 32.3 Å². The molecule has 0 radical (unpaired) electrons. The lowest BCUT2D eigenvalue weighted by Gasteiger charge is -2.21. The van der Waals surface area contributed by atoms with E-state index >= 15 is 0 Å². The van der Waals surface area contributed by atoms with E-state index in [-0.39, 0.29) is 19.3 Å². The fraction of sp³-hybridized carbons (Fsp3) is 0.727. The van der Waals surface area contributed by atoms with Crippen molar-refractivity contribution in [3.8, 4) is 0 Å². The summed E-state index contributed by atoms with van der Waals surface area (Å²) in [5.74, 6) is -1.59.